The topological polar surface area (TPSA) is 93.2 Å². The fourth-order valence-electron chi connectivity index (χ4n) is 3.09. The molecule has 25 heavy (non-hydrogen) atoms. The Kier molecular flexibility index (Phi) is 5.14. The molecule has 1 aliphatic rings. The van der Waals surface area contributed by atoms with Crippen molar-refractivity contribution < 1.29 is 4.79 Å². The molecule has 3 rings (SSSR count). The Labute approximate surface area is 146 Å². The average Bonchev–Trinajstić information content (AvgIpc) is 2.63. The van der Waals surface area contributed by atoms with Crippen molar-refractivity contribution in [3.05, 3.63) is 58.1 Å². The van der Waals surface area contributed by atoms with E-state index in [0.717, 1.165) is 31.5 Å². The van der Waals surface area contributed by atoms with Gasteiger partial charge in [0.25, 0.3) is 5.56 Å². The molecule has 1 saturated heterocycles. The molecule has 1 fully saturated rings. The molecule has 7 nitrogen and oxygen atoms in total. The van der Waals surface area contributed by atoms with Crippen LogP contribution in [0, 0.1) is 0 Å². The Balaban J connectivity index is 1.61. The van der Waals surface area contributed by atoms with Gasteiger partial charge in [-0.3, -0.25) is 9.59 Å². The number of amides is 1. The first-order chi connectivity index (χ1) is 12.0. The number of carbonyl (C=O) groups is 1. The summed E-state index contributed by atoms with van der Waals surface area (Å²) < 4.78 is 1.56. The van der Waals surface area contributed by atoms with Crippen LogP contribution in [0.25, 0.3) is 0 Å². The highest BCUT2D eigenvalue weighted by atomic mass is 16.1. The summed E-state index contributed by atoms with van der Waals surface area (Å²) in [6.45, 7) is 2.31. The van der Waals surface area contributed by atoms with Crippen molar-refractivity contribution >= 4 is 11.7 Å². The van der Waals surface area contributed by atoms with Gasteiger partial charge in [0.05, 0.1) is 0 Å². The van der Waals surface area contributed by atoms with E-state index in [1.54, 1.807) is 36.1 Å². The summed E-state index contributed by atoms with van der Waals surface area (Å²) in [5, 5.41) is 3.53. The lowest BCUT2D eigenvalue weighted by Crippen LogP contribution is -2.47. The molecule has 2 heterocycles. The van der Waals surface area contributed by atoms with Gasteiger partial charge in [-0.1, -0.05) is 12.1 Å². The summed E-state index contributed by atoms with van der Waals surface area (Å²) in [5.74, 6) is 0.0988. The second-order valence-corrected chi connectivity index (χ2v) is 6.39. The van der Waals surface area contributed by atoms with E-state index in [0.29, 0.717) is 17.9 Å². The predicted molar refractivity (Wildman–Crippen MR) is 96.5 cm³/mol. The van der Waals surface area contributed by atoms with E-state index >= 15 is 0 Å². The highest BCUT2D eigenvalue weighted by Gasteiger charge is 2.22. The van der Waals surface area contributed by atoms with E-state index in [2.05, 4.69) is 15.2 Å². The van der Waals surface area contributed by atoms with Gasteiger partial charge in [-0.25, -0.2) is 4.98 Å². The van der Waals surface area contributed by atoms with Gasteiger partial charge in [0.15, 0.2) is 5.82 Å². The summed E-state index contributed by atoms with van der Waals surface area (Å²) in [4.78, 5) is 29.7. The minimum atomic E-state index is -0.417. The van der Waals surface area contributed by atoms with Crippen LogP contribution in [-0.2, 0) is 13.6 Å². The van der Waals surface area contributed by atoms with E-state index < -0.39 is 5.91 Å². The van der Waals surface area contributed by atoms with Crippen molar-refractivity contribution in [3.8, 4) is 0 Å². The van der Waals surface area contributed by atoms with Crippen LogP contribution in [0.3, 0.4) is 0 Å². The van der Waals surface area contributed by atoms with E-state index in [-0.39, 0.29) is 11.6 Å². The van der Waals surface area contributed by atoms with Gasteiger partial charge in [0, 0.05) is 50.7 Å². The summed E-state index contributed by atoms with van der Waals surface area (Å²) in [6, 6.07) is 7.58. The van der Waals surface area contributed by atoms with Crippen LogP contribution in [0.2, 0.25) is 0 Å². The van der Waals surface area contributed by atoms with Gasteiger partial charge in [-0.15, -0.1) is 0 Å². The number of rotatable bonds is 5. The number of hydrogen-bond acceptors (Lipinski definition) is 5. The fourth-order valence-corrected chi connectivity index (χ4v) is 3.09. The number of benzene rings is 1. The number of primary amides is 1. The molecule has 1 amide bonds. The summed E-state index contributed by atoms with van der Waals surface area (Å²) >= 11 is 0. The number of nitrogens with zero attached hydrogens (tertiary/aromatic N) is 3. The highest BCUT2D eigenvalue weighted by molar-refractivity contribution is 5.92. The van der Waals surface area contributed by atoms with Crippen molar-refractivity contribution in [2.75, 3.05) is 18.0 Å². The number of nitrogens with one attached hydrogen (secondary N) is 1. The maximum Gasteiger partial charge on any atom is 0.293 e. The Morgan fingerprint density at radius 3 is 2.84 bits per heavy atom. The molecule has 132 valence electrons. The minimum absolute atomic E-state index is 0.0646. The molecule has 3 N–H and O–H groups in total. The van der Waals surface area contributed by atoms with Crippen LogP contribution in [0.15, 0.2) is 41.5 Å². The first-order valence-corrected chi connectivity index (χ1v) is 8.43. The third kappa shape index (κ3) is 4.06. The lowest BCUT2D eigenvalue weighted by molar-refractivity contribution is 0.100. The van der Waals surface area contributed by atoms with Crippen LogP contribution >= 0.6 is 0 Å². The zero-order chi connectivity index (χ0) is 17.8. The quantitative estimate of drug-likeness (QED) is 0.832. The molecule has 0 unspecified atom stereocenters. The van der Waals surface area contributed by atoms with Crippen LogP contribution in [0.5, 0.6) is 0 Å². The van der Waals surface area contributed by atoms with Gasteiger partial charge >= 0.3 is 0 Å². The number of aromatic nitrogens is 2. The Morgan fingerprint density at radius 2 is 2.12 bits per heavy atom. The minimum Gasteiger partial charge on any atom is -0.366 e. The second kappa shape index (κ2) is 7.48. The van der Waals surface area contributed by atoms with E-state index in [9.17, 15) is 9.59 Å². The van der Waals surface area contributed by atoms with Gasteiger partial charge in [-0.05, 0) is 30.5 Å². The molecule has 1 atom stereocenters. The van der Waals surface area contributed by atoms with E-state index in [1.807, 2.05) is 12.1 Å². The third-order valence-corrected chi connectivity index (χ3v) is 4.55. The molecule has 2 aromatic rings. The number of piperidine rings is 1. The van der Waals surface area contributed by atoms with Crippen LogP contribution in [0.1, 0.15) is 28.8 Å². The molecule has 1 aromatic heterocycles. The molecular formula is C18H23N5O2. The maximum atomic E-state index is 12.2. The van der Waals surface area contributed by atoms with Gasteiger partial charge in [0.2, 0.25) is 5.91 Å². The van der Waals surface area contributed by atoms with Crippen molar-refractivity contribution in [3.63, 3.8) is 0 Å². The highest BCUT2D eigenvalue weighted by Crippen LogP contribution is 2.15. The Morgan fingerprint density at radius 1 is 1.36 bits per heavy atom. The Bertz CT molecular complexity index is 800. The molecular weight excluding hydrogens is 318 g/mol. The summed E-state index contributed by atoms with van der Waals surface area (Å²) in [6.07, 6.45) is 5.40. The first-order valence-electron chi connectivity index (χ1n) is 8.43. The van der Waals surface area contributed by atoms with Gasteiger partial charge in [-0.2, -0.15) is 0 Å². The van der Waals surface area contributed by atoms with Crippen LogP contribution in [-0.4, -0.2) is 34.6 Å². The SMILES string of the molecule is Cn1ccnc(N2CCC[C@@H](NCc3ccc(C(N)=O)cc3)C2)c1=O. The average molecular weight is 341 g/mol. The van der Waals surface area contributed by atoms with E-state index in [1.165, 1.54) is 0 Å². The lowest BCUT2D eigenvalue weighted by Gasteiger charge is -2.33. The molecule has 1 aliphatic heterocycles. The molecule has 7 heteroatoms. The molecule has 0 bridgehead atoms. The summed E-state index contributed by atoms with van der Waals surface area (Å²) in [5.41, 5.74) is 6.80. The van der Waals surface area contributed by atoms with Crippen molar-refractivity contribution in [1.29, 1.82) is 0 Å². The molecule has 1 aromatic carbocycles. The zero-order valence-corrected chi connectivity index (χ0v) is 14.3. The van der Waals surface area contributed by atoms with Crippen LogP contribution < -0.4 is 21.5 Å². The summed E-state index contributed by atoms with van der Waals surface area (Å²) in [7, 11) is 1.74. The van der Waals surface area contributed by atoms with Gasteiger partial charge in [0.1, 0.15) is 0 Å². The predicted octanol–water partition coefficient (Wildman–Crippen LogP) is 0.638. The zero-order valence-electron chi connectivity index (χ0n) is 14.3. The van der Waals surface area contributed by atoms with Crippen molar-refractivity contribution in [2.24, 2.45) is 12.8 Å². The molecule has 0 saturated carbocycles. The third-order valence-electron chi connectivity index (χ3n) is 4.55. The molecule has 0 spiro atoms. The number of carbonyl (C=O) groups excluding carboxylic acids is 1. The van der Waals surface area contributed by atoms with Gasteiger partial charge < -0.3 is 20.5 Å². The lowest BCUT2D eigenvalue weighted by atomic mass is 10.0. The van der Waals surface area contributed by atoms with Crippen molar-refractivity contribution in [2.45, 2.75) is 25.4 Å². The van der Waals surface area contributed by atoms with Crippen LogP contribution in [0.4, 0.5) is 5.82 Å². The maximum absolute atomic E-state index is 12.2. The first kappa shape index (κ1) is 17.2. The molecule has 0 radical (unpaired) electrons. The fraction of sp³-hybridized carbons (Fsp3) is 0.389. The normalized spacial score (nSPS) is 17.5. The number of hydrogen-bond donors (Lipinski definition) is 2. The number of aryl methyl sites for hydroxylation is 1. The standard InChI is InChI=1S/C18H23N5O2/c1-22-10-8-20-17(18(22)25)23-9-2-3-15(12-23)21-11-13-4-6-14(7-5-13)16(19)24/h4-8,10,15,21H,2-3,9,11-12H2,1H3,(H2,19,24)/t15-/m1/s1. The van der Waals surface area contributed by atoms with E-state index in [4.69, 9.17) is 5.73 Å². The van der Waals surface area contributed by atoms with Crippen molar-refractivity contribution in [1.82, 2.24) is 14.9 Å². The Hall–Kier alpha value is -2.67. The monoisotopic (exact) mass is 341 g/mol. The molecule has 0 aliphatic carbocycles. The largest absolute Gasteiger partial charge is 0.366 e. The number of nitrogens with two attached hydrogens (primary N) is 1. The second-order valence-electron chi connectivity index (χ2n) is 6.39. The number of anilines is 1. The smallest absolute Gasteiger partial charge is 0.293 e.